The maximum atomic E-state index is 13.3. The van der Waals surface area contributed by atoms with Gasteiger partial charge in [0, 0.05) is 37.1 Å². The predicted molar refractivity (Wildman–Crippen MR) is 106 cm³/mol. The molecule has 4 heterocycles. The van der Waals surface area contributed by atoms with Crippen LogP contribution in [0.2, 0.25) is 0 Å². The van der Waals surface area contributed by atoms with Crippen LogP contribution in [0.1, 0.15) is 37.5 Å². The average molecular weight is 404 g/mol. The van der Waals surface area contributed by atoms with E-state index in [2.05, 4.69) is 4.90 Å². The quantitative estimate of drug-likeness (QED) is 0.723. The number of carbonyl (C=O) groups is 3. The van der Waals surface area contributed by atoms with Gasteiger partial charge in [-0.3, -0.25) is 14.5 Å². The van der Waals surface area contributed by atoms with Gasteiger partial charge in [0.05, 0.1) is 12.2 Å². The van der Waals surface area contributed by atoms with Crippen LogP contribution in [0.3, 0.4) is 0 Å². The largest absolute Gasteiger partial charge is 0.450 e. The van der Waals surface area contributed by atoms with Crippen LogP contribution < -0.4 is 0 Å². The highest BCUT2D eigenvalue weighted by Crippen LogP contribution is 2.37. The molecule has 0 saturated carbocycles. The fourth-order valence-corrected chi connectivity index (χ4v) is 5.03. The second kappa shape index (κ2) is 7.95. The molecule has 0 bridgehead atoms. The summed E-state index contributed by atoms with van der Waals surface area (Å²) in [5.41, 5.74) is 1.12. The third-order valence-corrected chi connectivity index (χ3v) is 6.52. The Morgan fingerprint density at radius 3 is 2.46 bits per heavy atom. The monoisotopic (exact) mass is 403 g/mol. The van der Waals surface area contributed by atoms with Gasteiger partial charge in [-0.05, 0) is 44.1 Å². The Bertz CT molecular complexity index is 790. The second-order valence-electron chi connectivity index (χ2n) is 7.29. The molecule has 1 aromatic heterocycles. The molecule has 28 heavy (non-hydrogen) atoms. The second-order valence-corrected chi connectivity index (χ2v) is 8.24. The lowest BCUT2D eigenvalue weighted by Crippen LogP contribution is -2.49. The van der Waals surface area contributed by atoms with Crippen LogP contribution in [0.4, 0.5) is 4.79 Å². The number of thiophene rings is 1. The lowest BCUT2D eigenvalue weighted by atomic mass is 10.0. The smallest absolute Gasteiger partial charge is 0.409 e. The summed E-state index contributed by atoms with van der Waals surface area (Å²) in [5, 5.41) is 1.93. The molecule has 0 spiro atoms. The highest BCUT2D eigenvalue weighted by molar-refractivity contribution is 7.11. The van der Waals surface area contributed by atoms with Gasteiger partial charge in [0.1, 0.15) is 5.70 Å². The highest BCUT2D eigenvalue weighted by Gasteiger charge is 2.46. The molecule has 8 heteroatoms. The van der Waals surface area contributed by atoms with Crippen LogP contribution in [0.25, 0.3) is 5.57 Å². The summed E-state index contributed by atoms with van der Waals surface area (Å²) in [4.78, 5) is 44.6. The number of piperidine rings is 1. The van der Waals surface area contributed by atoms with Gasteiger partial charge in [0.15, 0.2) is 0 Å². The van der Waals surface area contributed by atoms with E-state index in [1.807, 2.05) is 17.5 Å². The number of carbonyl (C=O) groups excluding carboxylic acids is 3. The minimum Gasteiger partial charge on any atom is -0.450 e. The number of amides is 3. The van der Waals surface area contributed by atoms with Crippen molar-refractivity contribution in [3.63, 3.8) is 0 Å². The van der Waals surface area contributed by atoms with E-state index in [1.165, 1.54) is 16.2 Å². The molecule has 150 valence electrons. The molecule has 0 aromatic carbocycles. The molecule has 0 N–H and O–H groups in total. The fraction of sp³-hybridized carbons (Fsp3) is 0.550. The number of rotatable bonds is 4. The molecule has 0 atom stereocenters. The number of hydrogen-bond acceptors (Lipinski definition) is 6. The van der Waals surface area contributed by atoms with E-state index < -0.39 is 0 Å². The number of imide groups is 1. The van der Waals surface area contributed by atoms with Crippen molar-refractivity contribution in [2.24, 2.45) is 0 Å². The van der Waals surface area contributed by atoms with E-state index in [1.54, 1.807) is 11.8 Å². The van der Waals surface area contributed by atoms with Crippen molar-refractivity contribution in [1.29, 1.82) is 0 Å². The third kappa shape index (κ3) is 3.30. The van der Waals surface area contributed by atoms with Crippen LogP contribution in [0.15, 0.2) is 23.2 Å². The minimum absolute atomic E-state index is 0.176. The van der Waals surface area contributed by atoms with Gasteiger partial charge in [0.2, 0.25) is 0 Å². The molecule has 3 aliphatic heterocycles. The Hall–Kier alpha value is -2.35. The molecule has 7 nitrogen and oxygen atoms in total. The lowest BCUT2D eigenvalue weighted by Gasteiger charge is -2.35. The number of hydrogen-bond donors (Lipinski definition) is 0. The molecule has 3 amide bonds. The van der Waals surface area contributed by atoms with E-state index in [9.17, 15) is 14.4 Å². The zero-order valence-electron chi connectivity index (χ0n) is 16.1. The topological polar surface area (TPSA) is 70.2 Å². The zero-order valence-corrected chi connectivity index (χ0v) is 16.9. The summed E-state index contributed by atoms with van der Waals surface area (Å²) in [5.74, 6) is -0.367. The van der Waals surface area contributed by atoms with Crippen molar-refractivity contribution in [3.05, 3.63) is 28.1 Å². The van der Waals surface area contributed by atoms with E-state index in [-0.39, 0.29) is 23.9 Å². The van der Waals surface area contributed by atoms with Crippen molar-refractivity contribution < 1.29 is 19.1 Å². The molecular weight excluding hydrogens is 378 g/mol. The summed E-state index contributed by atoms with van der Waals surface area (Å²) in [7, 11) is 0. The van der Waals surface area contributed by atoms with Crippen molar-refractivity contribution in [1.82, 2.24) is 14.7 Å². The van der Waals surface area contributed by atoms with Crippen LogP contribution in [0.5, 0.6) is 0 Å². The number of nitrogens with zero attached hydrogens (tertiary/aromatic N) is 3. The molecular formula is C20H25N3O4S. The number of ether oxygens (including phenoxy) is 1. The van der Waals surface area contributed by atoms with E-state index in [0.717, 1.165) is 30.8 Å². The molecule has 4 rings (SSSR count). The van der Waals surface area contributed by atoms with Crippen molar-refractivity contribution in [3.8, 4) is 0 Å². The maximum absolute atomic E-state index is 13.3. The fourth-order valence-electron chi connectivity index (χ4n) is 4.27. The Morgan fingerprint density at radius 2 is 1.86 bits per heavy atom. The zero-order chi connectivity index (χ0) is 19.7. The van der Waals surface area contributed by atoms with Gasteiger partial charge < -0.3 is 14.5 Å². The first-order chi connectivity index (χ1) is 13.6. The Labute approximate surface area is 168 Å². The molecule has 1 aromatic rings. The lowest BCUT2D eigenvalue weighted by molar-refractivity contribution is -0.141. The Balaban J connectivity index is 1.55. The Morgan fingerprint density at radius 1 is 1.14 bits per heavy atom. The van der Waals surface area contributed by atoms with Crippen LogP contribution >= 0.6 is 11.3 Å². The SMILES string of the molecule is CCOC(=O)N1CCC(N2C(=O)C(c3cccs3)=C(N3CCCC3)C2=O)CC1. The number of likely N-dealkylation sites (tertiary alicyclic amines) is 2. The molecule has 0 unspecified atom stereocenters. The Kier molecular flexibility index (Phi) is 5.39. The summed E-state index contributed by atoms with van der Waals surface area (Å²) in [6.07, 6.45) is 2.93. The van der Waals surface area contributed by atoms with Crippen LogP contribution in [-0.2, 0) is 14.3 Å². The van der Waals surface area contributed by atoms with E-state index in [0.29, 0.717) is 43.8 Å². The first-order valence-electron chi connectivity index (χ1n) is 9.94. The van der Waals surface area contributed by atoms with Gasteiger partial charge >= 0.3 is 6.09 Å². The summed E-state index contributed by atoms with van der Waals surface area (Å²) >= 11 is 1.49. The normalized spacial score (nSPS) is 21.2. The van der Waals surface area contributed by atoms with Gasteiger partial charge in [-0.1, -0.05) is 6.07 Å². The van der Waals surface area contributed by atoms with Gasteiger partial charge in [-0.2, -0.15) is 0 Å². The minimum atomic E-state index is -0.324. The van der Waals surface area contributed by atoms with Crippen LogP contribution in [0, 0.1) is 0 Å². The molecule has 2 fully saturated rings. The van der Waals surface area contributed by atoms with Crippen molar-refractivity contribution >= 4 is 34.8 Å². The maximum Gasteiger partial charge on any atom is 0.409 e. The van der Waals surface area contributed by atoms with E-state index >= 15 is 0 Å². The molecule has 0 radical (unpaired) electrons. The molecule has 2 saturated heterocycles. The highest BCUT2D eigenvalue weighted by atomic mass is 32.1. The first kappa shape index (κ1) is 19.0. The van der Waals surface area contributed by atoms with Crippen molar-refractivity contribution in [2.45, 2.75) is 38.6 Å². The van der Waals surface area contributed by atoms with Crippen LogP contribution in [-0.4, -0.2) is 71.4 Å². The van der Waals surface area contributed by atoms with Gasteiger partial charge in [-0.25, -0.2) is 4.79 Å². The third-order valence-electron chi connectivity index (χ3n) is 5.64. The molecule has 0 aliphatic carbocycles. The van der Waals surface area contributed by atoms with Gasteiger partial charge in [-0.15, -0.1) is 11.3 Å². The predicted octanol–water partition coefficient (Wildman–Crippen LogP) is 2.54. The average Bonchev–Trinajstić information content (AvgIpc) is 3.43. The standard InChI is InChI=1S/C20H25N3O4S/c1-2-27-20(26)22-11-7-14(8-12-22)23-18(24)16(15-6-5-13-28-15)17(19(23)25)21-9-3-4-10-21/h5-6,13-14H,2-4,7-12H2,1H3. The molecule has 3 aliphatic rings. The summed E-state index contributed by atoms with van der Waals surface area (Å²) in [6, 6.07) is 3.64. The van der Waals surface area contributed by atoms with Gasteiger partial charge in [0.25, 0.3) is 11.8 Å². The first-order valence-corrected chi connectivity index (χ1v) is 10.8. The summed E-state index contributed by atoms with van der Waals surface area (Å²) in [6.45, 7) is 4.75. The van der Waals surface area contributed by atoms with E-state index in [4.69, 9.17) is 4.74 Å². The summed E-state index contributed by atoms with van der Waals surface area (Å²) < 4.78 is 5.06. The van der Waals surface area contributed by atoms with Crippen molar-refractivity contribution in [2.75, 3.05) is 32.8 Å².